The first-order chi connectivity index (χ1) is 11.4. The molecule has 1 aliphatic heterocycles. The van der Waals surface area contributed by atoms with E-state index in [1.807, 2.05) is 0 Å². The van der Waals surface area contributed by atoms with Crippen LogP contribution in [0.15, 0.2) is 47.8 Å². The van der Waals surface area contributed by atoms with E-state index in [-0.39, 0.29) is 27.0 Å². The van der Waals surface area contributed by atoms with Crippen molar-refractivity contribution >= 4 is 40.8 Å². The Morgan fingerprint density at radius 3 is 2.17 bits per heavy atom. The summed E-state index contributed by atoms with van der Waals surface area (Å²) in [5, 5.41) is -0.0886. The highest BCUT2D eigenvalue weighted by Crippen LogP contribution is 2.38. The summed E-state index contributed by atoms with van der Waals surface area (Å²) in [7, 11) is 2.34. The number of anilines is 1. The predicted octanol–water partition coefficient (Wildman–Crippen LogP) is 3.62. The van der Waals surface area contributed by atoms with Crippen molar-refractivity contribution in [1.29, 1.82) is 0 Å². The monoisotopic (exact) mass is 371 g/mol. The number of hydrogen-bond acceptors (Lipinski definition) is 5. The Morgan fingerprint density at radius 2 is 1.62 bits per heavy atom. The van der Waals surface area contributed by atoms with E-state index in [0.29, 0.717) is 0 Å². The molecule has 0 aromatic heterocycles. The van der Waals surface area contributed by atoms with Crippen molar-refractivity contribution in [3.63, 3.8) is 0 Å². The molecule has 1 aromatic carbocycles. The summed E-state index contributed by atoms with van der Waals surface area (Å²) in [4.78, 5) is 25.6. The molecule has 0 N–H and O–H groups in total. The second kappa shape index (κ2) is 7.51. The number of carbonyl (C=O) groups excluding carboxylic acids is 2. The lowest BCUT2D eigenvalue weighted by molar-refractivity contribution is -0.139. The standard InChI is InChI=1S/C16H12Cl2FNO4/c1-23-15(21)10-5-3-4-6-20(13(10)16(22)24-2)14-11(17)7-9(19)8-12(14)18/h3-8H,1-2H3. The number of carbonyl (C=O) groups is 2. The summed E-state index contributed by atoms with van der Waals surface area (Å²) >= 11 is 12.2. The maximum atomic E-state index is 13.4. The maximum absolute atomic E-state index is 13.4. The zero-order valence-electron chi connectivity index (χ0n) is 12.7. The topological polar surface area (TPSA) is 55.8 Å². The fourth-order valence-electron chi connectivity index (χ4n) is 2.10. The van der Waals surface area contributed by atoms with E-state index >= 15 is 0 Å². The van der Waals surface area contributed by atoms with Crippen LogP contribution in [0.4, 0.5) is 10.1 Å². The number of methoxy groups -OCH3 is 2. The van der Waals surface area contributed by atoms with Gasteiger partial charge in [-0.1, -0.05) is 29.3 Å². The Hall–Kier alpha value is -2.31. The smallest absolute Gasteiger partial charge is 0.355 e. The zero-order chi connectivity index (χ0) is 17.9. The number of nitrogens with zero attached hydrogens (tertiary/aromatic N) is 1. The largest absolute Gasteiger partial charge is 0.465 e. The van der Waals surface area contributed by atoms with Crippen LogP contribution in [0.2, 0.25) is 10.0 Å². The van der Waals surface area contributed by atoms with Crippen LogP contribution in [-0.2, 0) is 19.1 Å². The van der Waals surface area contributed by atoms with E-state index in [4.69, 9.17) is 32.7 Å². The van der Waals surface area contributed by atoms with Crippen molar-refractivity contribution in [3.8, 4) is 0 Å². The first-order valence-corrected chi connectivity index (χ1v) is 7.35. The van der Waals surface area contributed by atoms with Crippen LogP contribution >= 0.6 is 23.2 Å². The summed E-state index contributed by atoms with van der Waals surface area (Å²) in [5.41, 5.74) is -0.1000. The lowest BCUT2D eigenvalue weighted by Gasteiger charge is -2.25. The van der Waals surface area contributed by atoms with E-state index in [1.54, 1.807) is 6.08 Å². The van der Waals surface area contributed by atoms with Crippen molar-refractivity contribution in [2.45, 2.75) is 0 Å². The lowest BCUT2D eigenvalue weighted by Crippen LogP contribution is -2.27. The molecule has 0 saturated carbocycles. The van der Waals surface area contributed by atoms with Gasteiger partial charge in [0.1, 0.15) is 11.5 Å². The van der Waals surface area contributed by atoms with Crippen LogP contribution in [0.1, 0.15) is 0 Å². The molecule has 2 rings (SSSR count). The minimum atomic E-state index is -0.817. The minimum Gasteiger partial charge on any atom is -0.465 e. The minimum absolute atomic E-state index is 0.0443. The molecule has 0 unspecified atom stereocenters. The molecule has 0 aliphatic carbocycles. The maximum Gasteiger partial charge on any atom is 0.355 e. The van der Waals surface area contributed by atoms with Crippen LogP contribution in [0.3, 0.4) is 0 Å². The summed E-state index contributed by atoms with van der Waals surface area (Å²) in [5.74, 6) is -2.21. The summed E-state index contributed by atoms with van der Waals surface area (Å²) in [6.45, 7) is 0. The van der Waals surface area contributed by atoms with Gasteiger partial charge in [0.15, 0.2) is 0 Å². The first kappa shape index (κ1) is 18.0. The van der Waals surface area contributed by atoms with Crippen LogP contribution in [0, 0.1) is 5.82 Å². The molecule has 1 aromatic rings. The van der Waals surface area contributed by atoms with Crippen LogP contribution in [0.25, 0.3) is 0 Å². The quantitative estimate of drug-likeness (QED) is 0.759. The first-order valence-electron chi connectivity index (χ1n) is 6.60. The Labute approximate surface area is 147 Å². The third-order valence-electron chi connectivity index (χ3n) is 3.11. The predicted molar refractivity (Wildman–Crippen MR) is 88.2 cm³/mol. The normalized spacial score (nSPS) is 13.8. The number of ether oxygens (including phenoxy) is 2. The molecule has 0 amide bonds. The molecular formula is C16H12Cl2FNO4. The van der Waals surface area contributed by atoms with E-state index in [2.05, 4.69) is 0 Å². The lowest BCUT2D eigenvalue weighted by atomic mass is 10.1. The summed E-state index contributed by atoms with van der Waals surface area (Å²) < 4.78 is 22.9. The number of esters is 2. The van der Waals surface area contributed by atoms with E-state index in [9.17, 15) is 14.0 Å². The SMILES string of the molecule is COC(=O)C1=C(C(=O)OC)N(c2c(Cl)cc(F)cc2Cl)C=CC=C1. The van der Waals surface area contributed by atoms with Crippen molar-refractivity contribution in [2.24, 2.45) is 0 Å². The van der Waals surface area contributed by atoms with Gasteiger partial charge in [-0.25, -0.2) is 14.0 Å². The molecule has 126 valence electrons. The van der Waals surface area contributed by atoms with Crippen molar-refractivity contribution < 1.29 is 23.5 Å². The summed E-state index contributed by atoms with van der Waals surface area (Å²) in [6, 6.07) is 2.09. The average Bonchev–Trinajstić information content (AvgIpc) is 2.75. The molecule has 5 nitrogen and oxygen atoms in total. The molecule has 0 bridgehead atoms. The van der Waals surface area contributed by atoms with Crippen molar-refractivity contribution in [1.82, 2.24) is 0 Å². The van der Waals surface area contributed by atoms with Gasteiger partial charge in [-0.3, -0.25) is 0 Å². The zero-order valence-corrected chi connectivity index (χ0v) is 14.2. The van der Waals surface area contributed by atoms with Crippen LogP contribution in [0.5, 0.6) is 0 Å². The Bertz CT molecular complexity index is 763. The number of hydrogen-bond donors (Lipinski definition) is 0. The summed E-state index contributed by atoms with van der Waals surface area (Å²) in [6.07, 6.45) is 5.92. The van der Waals surface area contributed by atoms with Gasteiger partial charge < -0.3 is 14.4 Å². The molecule has 0 fully saturated rings. The molecule has 0 spiro atoms. The van der Waals surface area contributed by atoms with E-state index in [0.717, 1.165) is 19.2 Å². The van der Waals surface area contributed by atoms with E-state index < -0.39 is 17.8 Å². The van der Waals surface area contributed by atoms with Crippen molar-refractivity contribution in [3.05, 3.63) is 63.7 Å². The number of benzene rings is 1. The molecule has 0 atom stereocenters. The third-order valence-corrected chi connectivity index (χ3v) is 3.69. The molecule has 1 heterocycles. The molecule has 0 radical (unpaired) electrons. The molecule has 24 heavy (non-hydrogen) atoms. The van der Waals surface area contributed by atoms with Crippen LogP contribution in [-0.4, -0.2) is 26.2 Å². The number of allylic oxidation sites excluding steroid dienone is 2. The van der Waals surface area contributed by atoms with Gasteiger partial charge in [0.25, 0.3) is 0 Å². The second-order valence-corrected chi connectivity index (χ2v) is 5.35. The third kappa shape index (κ3) is 3.44. The molecular weight excluding hydrogens is 360 g/mol. The van der Waals surface area contributed by atoms with Gasteiger partial charge in [0, 0.05) is 6.20 Å². The van der Waals surface area contributed by atoms with Crippen LogP contribution < -0.4 is 4.90 Å². The fourth-order valence-corrected chi connectivity index (χ4v) is 2.74. The molecule has 8 heteroatoms. The van der Waals surface area contributed by atoms with Crippen molar-refractivity contribution in [2.75, 3.05) is 19.1 Å². The molecule has 0 saturated heterocycles. The van der Waals surface area contributed by atoms with Gasteiger partial charge in [-0.2, -0.15) is 0 Å². The fraction of sp³-hybridized carbons (Fsp3) is 0.125. The highest BCUT2D eigenvalue weighted by atomic mass is 35.5. The van der Waals surface area contributed by atoms with Gasteiger partial charge in [-0.15, -0.1) is 0 Å². The highest BCUT2D eigenvalue weighted by molar-refractivity contribution is 6.39. The van der Waals surface area contributed by atoms with Gasteiger partial charge in [0.2, 0.25) is 0 Å². The number of halogens is 3. The Balaban J connectivity index is 2.75. The van der Waals surface area contributed by atoms with Gasteiger partial charge in [-0.05, 0) is 24.3 Å². The highest BCUT2D eigenvalue weighted by Gasteiger charge is 2.29. The van der Waals surface area contributed by atoms with E-state index in [1.165, 1.54) is 30.4 Å². The second-order valence-electron chi connectivity index (χ2n) is 4.53. The number of rotatable bonds is 3. The average molecular weight is 372 g/mol. The molecule has 1 aliphatic rings. The Morgan fingerprint density at radius 1 is 1.04 bits per heavy atom. The van der Waals surface area contributed by atoms with Gasteiger partial charge >= 0.3 is 11.9 Å². The Kier molecular flexibility index (Phi) is 5.64. The van der Waals surface area contributed by atoms with Gasteiger partial charge in [0.05, 0.1) is 35.5 Å².